The second-order valence-corrected chi connectivity index (χ2v) is 12.1. The van der Waals surface area contributed by atoms with Crippen LogP contribution in [0.3, 0.4) is 0 Å². The van der Waals surface area contributed by atoms with Crippen molar-refractivity contribution < 1.29 is 0 Å². The minimum atomic E-state index is 0.643. The van der Waals surface area contributed by atoms with Crippen molar-refractivity contribution in [1.82, 2.24) is 14.0 Å². The molecule has 0 radical (unpaired) electrons. The number of fused-ring (bicyclic) bond motifs is 6. The lowest BCUT2D eigenvalue weighted by molar-refractivity contribution is 0.369. The number of hydrogen-bond donors (Lipinski definition) is 0. The molecule has 0 spiro atoms. The number of hydrogen-bond acceptors (Lipinski definition) is 1. The van der Waals surface area contributed by atoms with Crippen molar-refractivity contribution in [3.05, 3.63) is 139 Å². The van der Waals surface area contributed by atoms with Crippen LogP contribution < -0.4 is 0 Å². The first-order valence-corrected chi connectivity index (χ1v) is 14.9. The lowest BCUT2D eigenvalue weighted by atomic mass is 9.74. The highest BCUT2D eigenvalue weighted by atomic mass is 15.0. The SMILES string of the molecule is c1ccc2c(c1)c1ccccc1n2-c1ccc(C2CC3CC(c4ccc(-c5cn6ccccc6n5)cc4)C2C3)cc1. The average molecular weight is 530 g/mol. The first-order valence-electron chi connectivity index (χ1n) is 14.9. The second-order valence-electron chi connectivity index (χ2n) is 12.1. The van der Waals surface area contributed by atoms with Crippen LogP contribution >= 0.6 is 0 Å². The molecule has 0 aliphatic heterocycles. The maximum absolute atomic E-state index is 4.82. The van der Waals surface area contributed by atoms with Gasteiger partial charge in [-0.25, -0.2) is 4.98 Å². The van der Waals surface area contributed by atoms with Gasteiger partial charge in [-0.2, -0.15) is 0 Å². The summed E-state index contributed by atoms with van der Waals surface area (Å²) in [5.74, 6) is 2.85. The molecule has 2 aliphatic carbocycles. The Morgan fingerprint density at radius 3 is 1.83 bits per heavy atom. The fraction of sp³-hybridized carbons (Fsp3) is 0.184. The van der Waals surface area contributed by atoms with E-state index in [-0.39, 0.29) is 0 Å². The molecule has 2 saturated carbocycles. The molecule has 3 heteroatoms. The molecule has 0 amide bonds. The van der Waals surface area contributed by atoms with E-state index in [0.29, 0.717) is 11.8 Å². The van der Waals surface area contributed by atoms with Crippen molar-refractivity contribution in [2.45, 2.75) is 31.1 Å². The molecule has 0 N–H and O–H groups in total. The molecular formula is C38H31N3. The third kappa shape index (κ3) is 3.62. The maximum Gasteiger partial charge on any atom is 0.137 e. The van der Waals surface area contributed by atoms with Crippen molar-refractivity contribution in [1.29, 1.82) is 0 Å². The van der Waals surface area contributed by atoms with Gasteiger partial charge in [-0.15, -0.1) is 0 Å². The molecule has 4 unspecified atom stereocenters. The Balaban J connectivity index is 1.00. The van der Waals surface area contributed by atoms with E-state index < -0.39 is 0 Å². The van der Waals surface area contributed by atoms with E-state index >= 15 is 0 Å². The minimum Gasteiger partial charge on any atom is -0.309 e. The maximum atomic E-state index is 4.82. The molecule has 3 heterocycles. The van der Waals surface area contributed by atoms with E-state index in [1.165, 1.54) is 63.4 Å². The Labute approximate surface area is 239 Å². The van der Waals surface area contributed by atoms with Crippen molar-refractivity contribution in [3.63, 3.8) is 0 Å². The van der Waals surface area contributed by atoms with Gasteiger partial charge in [-0.1, -0.05) is 78.9 Å². The highest BCUT2D eigenvalue weighted by Gasteiger charge is 2.46. The number of rotatable bonds is 4. The van der Waals surface area contributed by atoms with Gasteiger partial charge in [0.1, 0.15) is 5.65 Å². The van der Waals surface area contributed by atoms with Crippen LogP contribution in [0.2, 0.25) is 0 Å². The monoisotopic (exact) mass is 529 g/mol. The van der Waals surface area contributed by atoms with Gasteiger partial charge in [0.05, 0.1) is 16.7 Å². The number of imidazole rings is 1. The Morgan fingerprint density at radius 2 is 1.20 bits per heavy atom. The molecule has 2 aliphatic rings. The molecule has 4 aromatic carbocycles. The summed E-state index contributed by atoms with van der Waals surface area (Å²) < 4.78 is 4.51. The van der Waals surface area contributed by atoms with Crippen LogP contribution in [0.5, 0.6) is 0 Å². The van der Waals surface area contributed by atoms with E-state index in [1.807, 2.05) is 12.1 Å². The Morgan fingerprint density at radius 1 is 0.585 bits per heavy atom. The molecule has 2 fully saturated rings. The lowest BCUT2D eigenvalue weighted by Gasteiger charge is -2.30. The van der Waals surface area contributed by atoms with Crippen LogP contribution in [0.4, 0.5) is 0 Å². The zero-order valence-corrected chi connectivity index (χ0v) is 22.9. The summed E-state index contributed by atoms with van der Waals surface area (Å²) >= 11 is 0. The van der Waals surface area contributed by atoms with E-state index in [2.05, 4.69) is 124 Å². The van der Waals surface area contributed by atoms with Crippen LogP contribution in [-0.2, 0) is 0 Å². The number of aromatic nitrogens is 3. The van der Waals surface area contributed by atoms with E-state index in [4.69, 9.17) is 4.98 Å². The topological polar surface area (TPSA) is 22.2 Å². The fourth-order valence-electron chi connectivity index (χ4n) is 8.16. The van der Waals surface area contributed by atoms with E-state index in [1.54, 1.807) is 0 Å². The summed E-state index contributed by atoms with van der Waals surface area (Å²) in [4.78, 5) is 4.82. The summed E-state index contributed by atoms with van der Waals surface area (Å²) in [6.07, 6.45) is 8.20. The summed E-state index contributed by atoms with van der Waals surface area (Å²) in [6.45, 7) is 0. The van der Waals surface area contributed by atoms with Gasteiger partial charge >= 0.3 is 0 Å². The van der Waals surface area contributed by atoms with Crippen LogP contribution in [0.1, 0.15) is 42.2 Å². The molecule has 3 nitrogen and oxygen atoms in total. The van der Waals surface area contributed by atoms with Gasteiger partial charge in [0, 0.05) is 34.4 Å². The van der Waals surface area contributed by atoms with Gasteiger partial charge in [0.2, 0.25) is 0 Å². The molecular weight excluding hydrogens is 498 g/mol. The number of para-hydroxylation sites is 2. The molecule has 2 bridgehead atoms. The van der Waals surface area contributed by atoms with Crippen LogP contribution in [0.25, 0.3) is 44.4 Å². The lowest BCUT2D eigenvalue weighted by Crippen LogP contribution is -2.17. The molecule has 7 aromatic rings. The largest absolute Gasteiger partial charge is 0.309 e. The van der Waals surface area contributed by atoms with Crippen molar-refractivity contribution in [3.8, 4) is 16.9 Å². The molecule has 3 aromatic heterocycles. The molecule has 9 rings (SSSR count). The summed E-state index contributed by atoms with van der Waals surface area (Å²) in [7, 11) is 0. The summed E-state index contributed by atoms with van der Waals surface area (Å²) in [5, 5.41) is 2.63. The smallest absolute Gasteiger partial charge is 0.137 e. The zero-order valence-electron chi connectivity index (χ0n) is 22.9. The van der Waals surface area contributed by atoms with Crippen LogP contribution in [-0.4, -0.2) is 14.0 Å². The third-order valence-electron chi connectivity index (χ3n) is 9.97. The molecule has 4 atom stereocenters. The Bertz CT molecular complexity index is 1960. The number of benzene rings is 4. The van der Waals surface area contributed by atoms with Crippen molar-refractivity contribution >= 4 is 27.5 Å². The van der Waals surface area contributed by atoms with Gasteiger partial charge in [0.25, 0.3) is 0 Å². The summed E-state index contributed by atoms with van der Waals surface area (Å²) in [5.41, 5.74) is 10.0. The van der Waals surface area contributed by atoms with E-state index in [9.17, 15) is 0 Å². The first-order chi connectivity index (χ1) is 20.3. The van der Waals surface area contributed by atoms with Crippen molar-refractivity contribution in [2.24, 2.45) is 11.8 Å². The quantitative estimate of drug-likeness (QED) is 0.223. The first kappa shape index (κ1) is 23.1. The Hall–Kier alpha value is -4.63. The van der Waals surface area contributed by atoms with E-state index in [0.717, 1.165) is 23.2 Å². The minimum absolute atomic E-state index is 0.643. The van der Waals surface area contributed by atoms with Gasteiger partial charge in [-0.05, 0) is 90.5 Å². The predicted octanol–water partition coefficient (Wildman–Crippen LogP) is 9.40. The standard InChI is InChI=1S/C38H31N3/c1-3-9-36-30(7-1)31-8-2-4-10-37(31)41(36)29-18-16-27(17-19-29)33-22-25-21-32(34(33)23-25)26-12-14-28(15-13-26)35-24-40-20-6-5-11-38(40)39-35/h1-20,24-25,32-34H,21-23H2. The Kier molecular flexibility index (Phi) is 5.04. The summed E-state index contributed by atoms with van der Waals surface area (Å²) in [6, 6.07) is 42.5. The molecule has 0 saturated heterocycles. The average Bonchev–Trinajstić information content (AvgIpc) is 3.82. The predicted molar refractivity (Wildman–Crippen MR) is 168 cm³/mol. The zero-order chi connectivity index (χ0) is 26.9. The number of nitrogens with zero attached hydrogens (tertiary/aromatic N) is 3. The van der Waals surface area contributed by atoms with Crippen molar-refractivity contribution in [2.75, 3.05) is 0 Å². The van der Waals surface area contributed by atoms with Crippen LogP contribution in [0, 0.1) is 11.8 Å². The number of pyridine rings is 1. The van der Waals surface area contributed by atoms with Gasteiger partial charge < -0.3 is 8.97 Å². The second kappa shape index (κ2) is 8.94. The van der Waals surface area contributed by atoms with Crippen LogP contribution in [0.15, 0.2) is 128 Å². The molecule has 41 heavy (non-hydrogen) atoms. The van der Waals surface area contributed by atoms with Gasteiger partial charge in [0.15, 0.2) is 0 Å². The normalized spacial score (nSPS) is 21.9. The highest BCUT2D eigenvalue weighted by Crippen LogP contribution is 2.59. The highest BCUT2D eigenvalue weighted by molar-refractivity contribution is 6.09. The third-order valence-corrected chi connectivity index (χ3v) is 9.97. The van der Waals surface area contributed by atoms with Gasteiger partial charge in [-0.3, -0.25) is 0 Å². The fourth-order valence-corrected chi connectivity index (χ4v) is 8.16. The molecule has 198 valence electrons.